The summed E-state index contributed by atoms with van der Waals surface area (Å²) < 4.78 is 2.08. The molecule has 5 heteroatoms. The molecule has 2 aromatic heterocycles. The van der Waals surface area contributed by atoms with Crippen LogP contribution < -0.4 is 5.73 Å². The van der Waals surface area contributed by atoms with Gasteiger partial charge in [0.2, 0.25) is 0 Å². The molecule has 2 heterocycles. The minimum Gasteiger partial charge on any atom is -0.382 e. The topological polar surface area (TPSA) is 72.5 Å². The zero-order valence-corrected chi connectivity index (χ0v) is 11.8. The Labute approximate surface area is 117 Å². The second-order valence-corrected chi connectivity index (χ2v) is 5.05. The van der Waals surface area contributed by atoms with Gasteiger partial charge in [-0.25, -0.2) is 4.98 Å². The second-order valence-electron chi connectivity index (χ2n) is 5.05. The first kappa shape index (κ1) is 12.7. The number of hydrogen-bond donors (Lipinski definition) is 2. The van der Waals surface area contributed by atoms with Gasteiger partial charge in [-0.1, -0.05) is 25.5 Å². The SMILES string of the molecule is CCCCc1[nH]nc(N)c1-c1nc2ccccc2n1C. The van der Waals surface area contributed by atoms with Gasteiger partial charge in [-0.3, -0.25) is 5.10 Å². The number of para-hydroxylation sites is 2. The maximum Gasteiger partial charge on any atom is 0.156 e. The van der Waals surface area contributed by atoms with Crippen molar-refractivity contribution in [2.24, 2.45) is 7.05 Å². The molecule has 0 atom stereocenters. The lowest BCUT2D eigenvalue weighted by atomic mass is 10.1. The number of unbranched alkanes of at least 4 members (excludes halogenated alkanes) is 1. The maximum absolute atomic E-state index is 6.04. The number of anilines is 1. The fourth-order valence-corrected chi connectivity index (χ4v) is 2.55. The molecule has 0 radical (unpaired) electrons. The highest BCUT2D eigenvalue weighted by Crippen LogP contribution is 2.30. The van der Waals surface area contributed by atoms with E-state index < -0.39 is 0 Å². The van der Waals surface area contributed by atoms with Crippen molar-refractivity contribution in [2.75, 3.05) is 5.73 Å². The highest BCUT2D eigenvalue weighted by atomic mass is 15.2. The van der Waals surface area contributed by atoms with Gasteiger partial charge in [0.1, 0.15) is 5.82 Å². The summed E-state index contributed by atoms with van der Waals surface area (Å²) in [6.45, 7) is 2.18. The molecule has 0 saturated carbocycles. The van der Waals surface area contributed by atoms with Crippen molar-refractivity contribution in [1.82, 2.24) is 19.7 Å². The number of H-pyrrole nitrogens is 1. The van der Waals surface area contributed by atoms with Crippen molar-refractivity contribution >= 4 is 16.9 Å². The van der Waals surface area contributed by atoms with Gasteiger partial charge in [0.25, 0.3) is 0 Å². The summed E-state index contributed by atoms with van der Waals surface area (Å²) in [5.74, 6) is 1.40. The minimum absolute atomic E-state index is 0.523. The Morgan fingerprint density at radius 3 is 2.85 bits per heavy atom. The van der Waals surface area contributed by atoms with Gasteiger partial charge in [-0.15, -0.1) is 0 Å². The number of aromatic amines is 1. The molecule has 3 aromatic rings. The van der Waals surface area contributed by atoms with Crippen LogP contribution in [-0.2, 0) is 13.5 Å². The van der Waals surface area contributed by atoms with Crippen molar-refractivity contribution in [3.8, 4) is 11.4 Å². The molecule has 104 valence electrons. The molecule has 0 spiro atoms. The average molecular weight is 269 g/mol. The van der Waals surface area contributed by atoms with E-state index in [9.17, 15) is 0 Å². The van der Waals surface area contributed by atoms with Crippen molar-refractivity contribution in [3.63, 3.8) is 0 Å². The van der Waals surface area contributed by atoms with Gasteiger partial charge < -0.3 is 10.3 Å². The predicted molar refractivity (Wildman–Crippen MR) is 81.3 cm³/mol. The molecule has 0 aliphatic carbocycles. The lowest BCUT2D eigenvalue weighted by molar-refractivity contribution is 0.771. The van der Waals surface area contributed by atoms with Crippen LogP contribution >= 0.6 is 0 Å². The van der Waals surface area contributed by atoms with Gasteiger partial charge in [0.05, 0.1) is 16.6 Å². The highest BCUT2D eigenvalue weighted by molar-refractivity contribution is 5.83. The summed E-state index contributed by atoms with van der Waals surface area (Å²) in [7, 11) is 2.01. The number of nitrogen functional groups attached to an aromatic ring is 1. The first-order chi connectivity index (χ1) is 9.72. The molecule has 20 heavy (non-hydrogen) atoms. The number of imidazole rings is 1. The van der Waals surface area contributed by atoms with Crippen LogP contribution in [0.5, 0.6) is 0 Å². The predicted octanol–water partition coefficient (Wildman–Crippen LogP) is 2.89. The molecule has 0 aliphatic heterocycles. The second kappa shape index (κ2) is 5.00. The third-order valence-electron chi connectivity index (χ3n) is 3.66. The average Bonchev–Trinajstić information content (AvgIpc) is 2.98. The Hall–Kier alpha value is -2.30. The Bertz CT molecular complexity index is 738. The van der Waals surface area contributed by atoms with Crippen LogP contribution in [0.15, 0.2) is 24.3 Å². The van der Waals surface area contributed by atoms with Gasteiger partial charge in [0.15, 0.2) is 5.82 Å². The van der Waals surface area contributed by atoms with Crippen LogP contribution in [0.3, 0.4) is 0 Å². The van der Waals surface area contributed by atoms with E-state index in [1.807, 2.05) is 25.2 Å². The number of rotatable bonds is 4. The Morgan fingerprint density at radius 2 is 2.10 bits per heavy atom. The quantitative estimate of drug-likeness (QED) is 0.765. The van der Waals surface area contributed by atoms with E-state index in [0.29, 0.717) is 5.82 Å². The standard InChI is InChI=1S/C15H19N5/c1-3-4-7-11-13(14(16)19-18-11)15-17-10-8-5-6-9-12(10)20(15)2/h5-6,8-9H,3-4,7H2,1-2H3,(H3,16,18,19). The number of fused-ring (bicyclic) bond motifs is 1. The van der Waals surface area contributed by atoms with E-state index in [2.05, 4.69) is 27.8 Å². The van der Waals surface area contributed by atoms with E-state index in [1.54, 1.807) is 0 Å². The summed E-state index contributed by atoms with van der Waals surface area (Å²) in [5, 5.41) is 7.21. The molecule has 0 aliphatic rings. The first-order valence-electron chi connectivity index (χ1n) is 6.97. The molecular weight excluding hydrogens is 250 g/mol. The minimum atomic E-state index is 0.523. The molecular formula is C15H19N5. The number of nitrogens with one attached hydrogen (secondary N) is 1. The Kier molecular flexibility index (Phi) is 3.18. The smallest absolute Gasteiger partial charge is 0.156 e. The summed E-state index contributed by atoms with van der Waals surface area (Å²) in [6, 6.07) is 8.09. The fourth-order valence-electron chi connectivity index (χ4n) is 2.55. The largest absolute Gasteiger partial charge is 0.382 e. The summed E-state index contributed by atoms with van der Waals surface area (Å²) in [6.07, 6.45) is 3.19. The van der Waals surface area contributed by atoms with Crippen LogP contribution in [0.25, 0.3) is 22.4 Å². The van der Waals surface area contributed by atoms with Gasteiger partial charge in [-0.05, 0) is 25.0 Å². The van der Waals surface area contributed by atoms with Crippen LogP contribution in [-0.4, -0.2) is 19.7 Å². The van der Waals surface area contributed by atoms with E-state index >= 15 is 0 Å². The third-order valence-corrected chi connectivity index (χ3v) is 3.66. The lowest BCUT2D eigenvalue weighted by Gasteiger charge is -2.04. The Morgan fingerprint density at radius 1 is 1.30 bits per heavy atom. The number of aromatic nitrogens is 4. The summed E-state index contributed by atoms with van der Waals surface area (Å²) in [5.41, 5.74) is 10.1. The van der Waals surface area contributed by atoms with Crippen LogP contribution in [0.4, 0.5) is 5.82 Å². The van der Waals surface area contributed by atoms with Crippen LogP contribution in [0, 0.1) is 0 Å². The van der Waals surface area contributed by atoms with Crippen molar-refractivity contribution in [1.29, 1.82) is 0 Å². The molecule has 0 amide bonds. The first-order valence-corrected chi connectivity index (χ1v) is 6.97. The van der Waals surface area contributed by atoms with Gasteiger partial charge in [0, 0.05) is 12.7 Å². The maximum atomic E-state index is 6.04. The van der Waals surface area contributed by atoms with Crippen LogP contribution in [0.2, 0.25) is 0 Å². The number of aryl methyl sites for hydroxylation is 2. The van der Waals surface area contributed by atoms with E-state index in [0.717, 1.165) is 47.4 Å². The Balaban J connectivity index is 2.15. The molecule has 3 N–H and O–H groups in total. The van der Waals surface area contributed by atoms with E-state index in [1.165, 1.54) is 0 Å². The number of hydrogen-bond acceptors (Lipinski definition) is 3. The molecule has 3 rings (SSSR count). The van der Waals surface area contributed by atoms with E-state index in [-0.39, 0.29) is 0 Å². The van der Waals surface area contributed by atoms with Gasteiger partial charge in [-0.2, -0.15) is 5.10 Å². The molecule has 1 aromatic carbocycles. The normalized spacial score (nSPS) is 11.3. The third kappa shape index (κ3) is 1.95. The molecule has 0 bridgehead atoms. The zero-order chi connectivity index (χ0) is 14.1. The molecule has 0 unspecified atom stereocenters. The zero-order valence-electron chi connectivity index (χ0n) is 11.8. The monoisotopic (exact) mass is 269 g/mol. The van der Waals surface area contributed by atoms with E-state index in [4.69, 9.17) is 10.7 Å². The fraction of sp³-hybridized carbons (Fsp3) is 0.333. The lowest BCUT2D eigenvalue weighted by Crippen LogP contribution is -1.98. The number of nitrogens with zero attached hydrogens (tertiary/aromatic N) is 3. The highest BCUT2D eigenvalue weighted by Gasteiger charge is 2.18. The molecule has 0 fully saturated rings. The molecule has 5 nitrogen and oxygen atoms in total. The number of nitrogens with two attached hydrogens (primary N) is 1. The summed E-state index contributed by atoms with van der Waals surface area (Å²) in [4.78, 5) is 4.71. The van der Waals surface area contributed by atoms with Crippen molar-refractivity contribution in [3.05, 3.63) is 30.0 Å². The van der Waals surface area contributed by atoms with Crippen molar-refractivity contribution < 1.29 is 0 Å². The van der Waals surface area contributed by atoms with Crippen molar-refractivity contribution in [2.45, 2.75) is 26.2 Å². The molecule has 0 saturated heterocycles. The van der Waals surface area contributed by atoms with Crippen LogP contribution in [0.1, 0.15) is 25.5 Å². The number of benzene rings is 1. The summed E-state index contributed by atoms with van der Waals surface area (Å²) >= 11 is 0. The van der Waals surface area contributed by atoms with Gasteiger partial charge >= 0.3 is 0 Å².